The molecule has 1 saturated heterocycles. The number of hydrogen-bond acceptors (Lipinski definition) is 2. The maximum absolute atomic E-state index is 12.1. The van der Waals surface area contributed by atoms with E-state index in [2.05, 4.69) is 10.6 Å². The van der Waals surface area contributed by atoms with Gasteiger partial charge in [0.2, 0.25) is 0 Å². The van der Waals surface area contributed by atoms with E-state index in [1.54, 1.807) is 11.9 Å². The second kappa shape index (κ2) is 7.00. The van der Waals surface area contributed by atoms with E-state index < -0.39 is 0 Å². The van der Waals surface area contributed by atoms with Crippen molar-refractivity contribution in [2.75, 3.05) is 20.1 Å². The SMILES string of the molecule is CC(C)N(C)C(=O)NC1CCN(C(=O)NC(C)(C)C)CC1. The number of hydrogen-bond donors (Lipinski definition) is 2. The molecule has 21 heavy (non-hydrogen) atoms. The Morgan fingerprint density at radius 2 is 1.71 bits per heavy atom. The smallest absolute Gasteiger partial charge is 0.317 e. The maximum Gasteiger partial charge on any atom is 0.317 e. The molecule has 0 saturated carbocycles. The van der Waals surface area contributed by atoms with E-state index >= 15 is 0 Å². The van der Waals surface area contributed by atoms with Gasteiger partial charge in [-0.05, 0) is 47.5 Å². The van der Waals surface area contributed by atoms with Gasteiger partial charge in [0, 0.05) is 37.8 Å². The molecular weight excluding hydrogens is 268 g/mol. The summed E-state index contributed by atoms with van der Waals surface area (Å²) in [6.45, 7) is 11.2. The Kier molecular flexibility index (Phi) is 5.87. The molecule has 0 radical (unpaired) electrons. The number of amides is 4. The summed E-state index contributed by atoms with van der Waals surface area (Å²) in [4.78, 5) is 27.5. The van der Waals surface area contributed by atoms with Crippen LogP contribution < -0.4 is 10.6 Å². The summed E-state index contributed by atoms with van der Waals surface area (Å²) < 4.78 is 0. The Hall–Kier alpha value is -1.46. The van der Waals surface area contributed by atoms with Crippen LogP contribution in [0.5, 0.6) is 0 Å². The molecule has 6 nitrogen and oxygen atoms in total. The summed E-state index contributed by atoms with van der Waals surface area (Å²) in [7, 11) is 1.80. The van der Waals surface area contributed by atoms with E-state index in [9.17, 15) is 9.59 Å². The van der Waals surface area contributed by atoms with Crippen molar-refractivity contribution < 1.29 is 9.59 Å². The van der Waals surface area contributed by atoms with Crippen molar-refractivity contribution in [1.29, 1.82) is 0 Å². The normalized spacial score (nSPS) is 16.8. The lowest BCUT2D eigenvalue weighted by Crippen LogP contribution is -2.54. The third-order valence-electron chi connectivity index (χ3n) is 3.69. The van der Waals surface area contributed by atoms with E-state index in [0.717, 1.165) is 12.8 Å². The number of nitrogens with one attached hydrogen (secondary N) is 2. The number of carbonyl (C=O) groups excluding carboxylic acids is 2. The summed E-state index contributed by atoms with van der Waals surface area (Å²) in [5.41, 5.74) is -0.220. The summed E-state index contributed by atoms with van der Waals surface area (Å²) in [5, 5.41) is 6.01. The highest BCUT2D eigenvalue weighted by Gasteiger charge is 2.26. The molecule has 0 aromatic carbocycles. The largest absolute Gasteiger partial charge is 0.335 e. The van der Waals surface area contributed by atoms with Crippen LogP contribution in [0.15, 0.2) is 0 Å². The molecule has 0 aromatic rings. The van der Waals surface area contributed by atoms with E-state index in [4.69, 9.17) is 0 Å². The van der Waals surface area contributed by atoms with Crippen LogP contribution in [0.1, 0.15) is 47.5 Å². The molecule has 1 heterocycles. The van der Waals surface area contributed by atoms with Crippen LogP contribution in [-0.4, -0.2) is 59.6 Å². The molecule has 1 aliphatic rings. The van der Waals surface area contributed by atoms with Gasteiger partial charge in [0.1, 0.15) is 0 Å². The molecule has 4 amide bonds. The van der Waals surface area contributed by atoms with Gasteiger partial charge in [0.25, 0.3) is 0 Å². The molecule has 1 fully saturated rings. The van der Waals surface area contributed by atoms with Gasteiger partial charge < -0.3 is 20.4 Å². The summed E-state index contributed by atoms with van der Waals surface area (Å²) in [6, 6.07) is 0.272. The predicted octanol–water partition coefficient (Wildman–Crippen LogP) is 2.01. The zero-order chi connectivity index (χ0) is 16.2. The fourth-order valence-corrected chi connectivity index (χ4v) is 2.14. The molecule has 1 aliphatic heterocycles. The predicted molar refractivity (Wildman–Crippen MR) is 84.3 cm³/mol. The van der Waals surface area contributed by atoms with Crippen molar-refractivity contribution in [3.05, 3.63) is 0 Å². The number of nitrogens with zero attached hydrogens (tertiary/aromatic N) is 2. The molecule has 2 N–H and O–H groups in total. The zero-order valence-electron chi connectivity index (χ0n) is 14.2. The Labute approximate surface area is 128 Å². The number of rotatable bonds is 2. The number of piperidine rings is 1. The van der Waals surface area contributed by atoms with E-state index in [1.165, 1.54) is 0 Å². The summed E-state index contributed by atoms with van der Waals surface area (Å²) in [6.07, 6.45) is 1.60. The minimum atomic E-state index is -0.220. The van der Waals surface area contributed by atoms with Gasteiger partial charge in [-0.25, -0.2) is 9.59 Å². The molecule has 1 rings (SSSR count). The van der Waals surface area contributed by atoms with Gasteiger partial charge in [0.05, 0.1) is 0 Å². The van der Waals surface area contributed by atoms with Crippen molar-refractivity contribution in [3.8, 4) is 0 Å². The minimum absolute atomic E-state index is 0.0217. The molecule has 0 aliphatic carbocycles. The Bertz CT molecular complexity index is 368. The fraction of sp³-hybridized carbons (Fsp3) is 0.867. The minimum Gasteiger partial charge on any atom is -0.335 e. The fourth-order valence-electron chi connectivity index (χ4n) is 2.14. The first-order valence-electron chi connectivity index (χ1n) is 7.70. The van der Waals surface area contributed by atoms with E-state index in [-0.39, 0.29) is 29.7 Å². The number of urea groups is 2. The maximum atomic E-state index is 12.1. The van der Waals surface area contributed by atoms with E-state index in [0.29, 0.717) is 13.1 Å². The van der Waals surface area contributed by atoms with Gasteiger partial charge in [-0.2, -0.15) is 0 Å². The Balaban J connectivity index is 2.39. The average molecular weight is 298 g/mol. The quantitative estimate of drug-likeness (QED) is 0.819. The van der Waals surface area contributed by atoms with Gasteiger partial charge in [-0.1, -0.05) is 0 Å². The second-order valence-corrected chi connectivity index (χ2v) is 7.10. The average Bonchev–Trinajstić information content (AvgIpc) is 2.36. The lowest BCUT2D eigenvalue weighted by molar-refractivity contribution is 0.162. The first-order chi connectivity index (χ1) is 9.60. The van der Waals surface area contributed by atoms with Crippen molar-refractivity contribution in [2.45, 2.75) is 65.1 Å². The van der Waals surface area contributed by atoms with Gasteiger partial charge >= 0.3 is 12.1 Å². The first-order valence-corrected chi connectivity index (χ1v) is 7.70. The monoisotopic (exact) mass is 298 g/mol. The lowest BCUT2D eigenvalue weighted by Gasteiger charge is -2.35. The standard InChI is InChI=1S/C15H30N4O2/c1-11(2)18(6)13(20)16-12-7-9-19(10-8-12)14(21)17-15(3,4)5/h11-12H,7-10H2,1-6H3,(H,16,20)(H,17,21). The van der Waals surface area contributed by atoms with Crippen LogP contribution in [0, 0.1) is 0 Å². The van der Waals surface area contributed by atoms with Gasteiger partial charge in [-0.15, -0.1) is 0 Å². The third kappa shape index (κ3) is 5.81. The van der Waals surface area contributed by atoms with Crippen LogP contribution in [0.4, 0.5) is 9.59 Å². The first kappa shape index (κ1) is 17.6. The Morgan fingerprint density at radius 1 is 1.19 bits per heavy atom. The highest BCUT2D eigenvalue weighted by atomic mass is 16.2. The molecule has 6 heteroatoms. The van der Waals surface area contributed by atoms with Crippen molar-refractivity contribution in [3.63, 3.8) is 0 Å². The van der Waals surface area contributed by atoms with Crippen LogP contribution >= 0.6 is 0 Å². The third-order valence-corrected chi connectivity index (χ3v) is 3.69. The highest BCUT2D eigenvalue weighted by Crippen LogP contribution is 2.12. The molecule has 0 atom stereocenters. The second-order valence-electron chi connectivity index (χ2n) is 7.10. The summed E-state index contributed by atoms with van der Waals surface area (Å²) in [5.74, 6) is 0. The topological polar surface area (TPSA) is 64.7 Å². The molecule has 0 unspecified atom stereocenters. The molecule has 0 spiro atoms. The van der Waals surface area contributed by atoms with Crippen molar-refractivity contribution in [1.82, 2.24) is 20.4 Å². The highest BCUT2D eigenvalue weighted by molar-refractivity contribution is 5.76. The zero-order valence-corrected chi connectivity index (χ0v) is 14.2. The van der Waals surface area contributed by atoms with Crippen LogP contribution in [0.2, 0.25) is 0 Å². The van der Waals surface area contributed by atoms with Crippen molar-refractivity contribution in [2.24, 2.45) is 0 Å². The summed E-state index contributed by atoms with van der Waals surface area (Å²) >= 11 is 0. The number of likely N-dealkylation sites (tertiary alicyclic amines) is 1. The van der Waals surface area contributed by atoms with Gasteiger partial charge in [-0.3, -0.25) is 0 Å². The number of carbonyl (C=O) groups is 2. The van der Waals surface area contributed by atoms with Gasteiger partial charge in [0.15, 0.2) is 0 Å². The van der Waals surface area contributed by atoms with Crippen LogP contribution in [0.3, 0.4) is 0 Å². The molecular formula is C15H30N4O2. The van der Waals surface area contributed by atoms with E-state index in [1.807, 2.05) is 39.5 Å². The molecule has 0 bridgehead atoms. The van der Waals surface area contributed by atoms with Crippen molar-refractivity contribution >= 4 is 12.1 Å². The van der Waals surface area contributed by atoms with Crippen LogP contribution in [0.25, 0.3) is 0 Å². The Morgan fingerprint density at radius 3 is 2.14 bits per heavy atom. The molecule has 122 valence electrons. The molecule has 0 aromatic heterocycles. The van der Waals surface area contributed by atoms with Crippen LogP contribution in [-0.2, 0) is 0 Å². The lowest BCUT2D eigenvalue weighted by atomic mass is 10.1.